The fraction of sp³-hybridized carbons (Fsp3) is 0.786. The van der Waals surface area contributed by atoms with E-state index in [1.54, 1.807) is 7.11 Å². The molecule has 1 aliphatic heterocycles. The molecule has 0 amide bonds. The van der Waals surface area contributed by atoms with Crippen molar-refractivity contribution < 1.29 is 9.47 Å². The number of hydrogen-bond acceptors (Lipinski definition) is 4. The second kappa shape index (κ2) is 8.30. The topological polar surface area (TPSA) is 48.3 Å². The van der Waals surface area contributed by atoms with Crippen LogP contribution in [0.5, 0.6) is 0 Å². The first-order valence-electron chi connectivity index (χ1n) is 7.19. The van der Waals surface area contributed by atoms with Crippen molar-refractivity contribution in [3.05, 3.63) is 18.2 Å². The smallest absolute Gasteiger partial charge is 0.0948 e. The highest BCUT2D eigenvalue weighted by Gasteiger charge is 2.18. The normalized spacial score (nSPS) is 19.7. The van der Waals surface area contributed by atoms with Gasteiger partial charge in [-0.25, -0.2) is 4.98 Å². The third-order valence-corrected chi connectivity index (χ3v) is 3.58. The molecule has 5 heteroatoms. The highest BCUT2D eigenvalue weighted by atomic mass is 16.5. The number of nitrogens with zero attached hydrogens (tertiary/aromatic N) is 2. The first-order valence-corrected chi connectivity index (χ1v) is 7.19. The summed E-state index contributed by atoms with van der Waals surface area (Å²) in [4.78, 5) is 4.30. The molecule has 5 nitrogen and oxygen atoms in total. The van der Waals surface area contributed by atoms with Crippen LogP contribution in [0.15, 0.2) is 12.5 Å². The van der Waals surface area contributed by atoms with E-state index in [1.807, 2.05) is 12.5 Å². The van der Waals surface area contributed by atoms with Crippen LogP contribution in [0.1, 0.15) is 30.9 Å². The van der Waals surface area contributed by atoms with Crippen molar-refractivity contribution in [1.29, 1.82) is 0 Å². The maximum absolute atomic E-state index is 5.49. The molecule has 1 N–H and O–H groups in total. The minimum Gasteiger partial charge on any atom is -0.382 e. The first-order chi connectivity index (χ1) is 9.42. The van der Waals surface area contributed by atoms with Crippen LogP contribution in [0, 0.1) is 0 Å². The molecule has 2 heterocycles. The highest BCUT2D eigenvalue weighted by Crippen LogP contribution is 2.22. The number of imidazole rings is 1. The second-order valence-corrected chi connectivity index (χ2v) is 5.01. The second-order valence-electron chi connectivity index (χ2n) is 5.01. The molecule has 1 fully saturated rings. The summed E-state index contributed by atoms with van der Waals surface area (Å²) in [6.45, 7) is 5.35. The van der Waals surface area contributed by atoms with Gasteiger partial charge in [0.25, 0.3) is 0 Å². The number of nitrogens with one attached hydrogen (secondary N) is 1. The Morgan fingerprint density at radius 2 is 2.37 bits per heavy atom. The van der Waals surface area contributed by atoms with Crippen LogP contribution in [-0.2, 0) is 16.0 Å². The lowest BCUT2D eigenvalue weighted by Crippen LogP contribution is -2.29. The Balaban J connectivity index is 1.73. The SMILES string of the molecule is COCCOCCCn1cncc1C1CCCNC1. The zero-order valence-electron chi connectivity index (χ0n) is 11.8. The van der Waals surface area contributed by atoms with E-state index in [2.05, 4.69) is 14.9 Å². The zero-order chi connectivity index (χ0) is 13.3. The van der Waals surface area contributed by atoms with Gasteiger partial charge in [-0.15, -0.1) is 0 Å². The van der Waals surface area contributed by atoms with Crippen LogP contribution >= 0.6 is 0 Å². The zero-order valence-corrected chi connectivity index (χ0v) is 11.8. The average molecular weight is 267 g/mol. The van der Waals surface area contributed by atoms with Crippen molar-refractivity contribution in [2.24, 2.45) is 0 Å². The van der Waals surface area contributed by atoms with Gasteiger partial charge in [0.15, 0.2) is 0 Å². The molecule has 0 aromatic carbocycles. The molecule has 1 aromatic heterocycles. The predicted octanol–water partition coefficient (Wildman–Crippen LogP) is 1.40. The van der Waals surface area contributed by atoms with Crippen LogP contribution in [0.2, 0.25) is 0 Å². The van der Waals surface area contributed by atoms with Crippen molar-refractivity contribution in [2.45, 2.75) is 31.7 Å². The molecule has 1 aliphatic rings. The summed E-state index contributed by atoms with van der Waals surface area (Å²) in [6.07, 6.45) is 7.51. The number of methoxy groups -OCH3 is 1. The molecule has 0 radical (unpaired) electrons. The Labute approximate surface area is 115 Å². The van der Waals surface area contributed by atoms with Gasteiger partial charge in [-0.2, -0.15) is 0 Å². The summed E-state index contributed by atoms with van der Waals surface area (Å²) in [7, 11) is 1.69. The summed E-state index contributed by atoms with van der Waals surface area (Å²) in [5, 5.41) is 3.46. The van der Waals surface area contributed by atoms with Crippen LogP contribution in [0.3, 0.4) is 0 Å². The summed E-state index contributed by atoms with van der Waals surface area (Å²) in [5.41, 5.74) is 1.36. The van der Waals surface area contributed by atoms with Crippen LogP contribution in [0.4, 0.5) is 0 Å². The molecule has 0 aliphatic carbocycles. The number of aromatic nitrogens is 2. The van der Waals surface area contributed by atoms with Crippen molar-refractivity contribution >= 4 is 0 Å². The number of rotatable bonds is 8. The van der Waals surface area contributed by atoms with E-state index in [0.717, 1.165) is 32.7 Å². The van der Waals surface area contributed by atoms with Crippen molar-refractivity contribution in [3.8, 4) is 0 Å². The van der Waals surface area contributed by atoms with Gasteiger partial charge in [0.1, 0.15) is 0 Å². The third kappa shape index (κ3) is 4.60. The lowest BCUT2D eigenvalue weighted by atomic mass is 9.96. The summed E-state index contributed by atoms with van der Waals surface area (Å²) >= 11 is 0. The van der Waals surface area contributed by atoms with Crippen molar-refractivity contribution in [2.75, 3.05) is 40.0 Å². The minimum absolute atomic E-state index is 0.616. The van der Waals surface area contributed by atoms with E-state index in [4.69, 9.17) is 9.47 Å². The molecule has 108 valence electrons. The molecule has 2 rings (SSSR count). The van der Waals surface area contributed by atoms with E-state index in [-0.39, 0.29) is 0 Å². The van der Waals surface area contributed by atoms with Gasteiger partial charge in [0.2, 0.25) is 0 Å². The Hall–Kier alpha value is -0.910. The van der Waals surface area contributed by atoms with Gasteiger partial charge in [-0.05, 0) is 25.8 Å². The van der Waals surface area contributed by atoms with Crippen LogP contribution in [0.25, 0.3) is 0 Å². The van der Waals surface area contributed by atoms with Gasteiger partial charge in [-0.1, -0.05) is 0 Å². The van der Waals surface area contributed by atoms with Gasteiger partial charge < -0.3 is 19.4 Å². The average Bonchev–Trinajstić information content (AvgIpc) is 2.92. The monoisotopic (exact) mass is 267 g/mol. The lowest BCUT2D eigenvalue weighted by Gasteiger charge is -2.23. The Morgan fingerprint density at radius 1 is 1.42 bits per heavy atom. The fourth-order valence-electron chi connectivity index (χ4n) is 2.54. The molecule has 0 saturated carbocycles. The number of piperidine rings is 1. The van der Waals surface area contributed by atoms with Crippen molar-refractivity contribution in [1.82, 2.24) is 14.9 Å². The highest BCUT2D eigenvalue weighted by molar-refractivity contribution is 5.08. The molecular weight excluding hydrogens is 242 g/mol. The molecule has 1 saturated heterocycles. The van der Waals surface area contributed by atoms with Gasteiger partial charge >= 0.3 is 0 Å². The summed E-state index contributed by atoms with van der Waals surface area (Å²) in [5.74, 6) is 0.616. The third-order valence-electron chi connectivity index (χ3n) is 3.58. The molecule has 0 bridgehead atoms. The predicted molar refractivity (Wildman–Crippen MR) is 74.4 cm³/mol. The lowest BCUT2D eigenvalue weighted by molar-refractivity contribution is 0.0679. The molecule has 1 atom stereocenters. The van der Waals surface area contributed by atoms with Crippen molar-refractivity contribution in [3.63, 3.8) is 0 Å². The molecule has 1 aromatic rings. The largest absolute Gasteiger partial charge is 0.382 e. The Bertz CT molecular complexity index is 348. The number of hydrogen-bond donors (Lipinski definition) is 1. The number of ether oxygens (including phenoxy) is 2. The van der Waals surface area contributed by atoms with E-state index in [9.17, 15) is 0 Å². The summed E-state index contributed by atoms with van der Waals surface area (Å²) < 4.78 is 12.7. The maximum Gasteiger partial charge on any atom is 0.0948 e. The Morgan fingerprint density at radius 3 is 3.16 bits per heavy atom. The Kier molecular flexibility index (Phi) is 6.33. The molecule has 19 heavy (non-hydrogen) atoms. The van der Waals surface area contributed by atoms with E-state index in [0.29, 0.717) is 19.1 Å². The van der Waals surface area contributed by atoms with Crippen LogP contribution < -0.4 is 5.32 Å². The summed E-state index contributed by atoms with van der Waals surface area (Å²) in [6, 6.07) is 0. The van der Waals surface area contributed by atoms with Gasteiger partial charge in [-0.3, -0.25) is 0 Å². The molecular formula is C14H25N3O2. The standard InChI is InChI=1S/C14H25N3O2/c1-18-8-9-19-7-3-6-17-12-16-11-14(17)13-4-2-5-15-10-13/h11-13,15H,2-10H2,1H3. The van der Waals surface area contributed by atoms with E-state index >= 15 is 0 Å². The fourth-order valence-corrected chi connectivity index (χ4v) is 2.54. The molecule has 1 unspecified atom stereocenters. The van der Waals surface area contributed by atoms with E-state index < -0.39 is 0 Å². The minimum atomic E-state index is 0.616. The van der Waals surface area contributed by atoms with Gasteiger partial charge in [0.05, 0.1) is 19.5 Å². The first kappa shape index (κ1) is 14.5. The van der Waals surface area contributed by atoms with Gasteiger partial charge in [0, 0.05) is 44.6 Å². The van der Waals surface area contributed by atoms with E-state index in [1.165, 1.54) is 18.5 Å². The maximum atomic E-state index is 5.49. The van der Waals surface area contributed by atoms with Crippen LogP contribution in [-0.4, -0.2) is 49.6 Å². The number of aryl methyl sites for hydroxylation is 1. The molecule has 0 spiro atoms. The quantitative estimate of drug-likeness (QED) is 0.723.